The number of benzene rings is 2. The van der Waals surface area contributed by atoms with Crippen molar-refractivity contribution < 1.29 is 4.74 Å². The first kappa shape index (κ1) is 15.5. The fourth-order valence-corrected chi connectivity index (χ4v) is 2.36. The first-order valence-electron chi connectivity index (χ1n) is 7.16. The monoisotopic (exact) mass is 284 g/mol. The van der Waals surface area contributed by atoms with E-state index in [1.807, 2.05) is 24.3 Å². The lowest BCUT2D eigenvalue weighted by Crippen LogP contribution is -2.28. The molecule has 21 heavy (non-hydrogen) atoms. The van der Waals surface area contributed by atoms with Crippen molar-refractivity contribution in [3.63, 3.8) is 0 Å². The first-order valence-corrected chi connectivity index (χ1v) is 7.16. The van der Waals surface area contributed by atoms with Crippen molar-refractivity contribution in [1.29, 1.82) is 0 Å². The van der Waals surface area contributed by atoms with Gasteiger partial charge in [0, 0.05) is 0 Å². The van der Waals surface area contributed by atoms with Crippen LogP contribution < -0.4 is 16.0 Å². The maximum absolute atomic E-state index is 5.75. The van der Waals surface area contributed by atoms with Gasteiger partial charge in [-0.3, -0.25) is 5.84 Å². The van der Waals surface area contributed by atoms with Gasteiger partial charge < -0.3 is 4.74 Å². The normalized spacial score (nSPS) is 13.0. The van der Waals surface area contributed by atoms with Gasteiger partial charge in [0.1, 0.15) is 5.75 Å². The highest BCUT2D eigenvalue weighted by Gasteiger charge is 2.16. The third kappa shape index (κ3) is 3.63. The summed E-state index contributed by atoms with van der Waals surface area (Å²) in [5.74, 6) is 6.59. The molecule has 0 bridgehead atoms. The van der Waals surface area contributed by atoms with Crippen molar-refractivity contribution in [2.24, 2.45) is 5.84 Å². The lowest BCUT2D eigenvalue weighted by Gasteiger charge is -2.21. The topological polar surface area (TPSA) is 47.3 Å². The Balaban J connectivity index is 2.28. The lowest BCUT2D eigenvalue weighted by atomic mass is 9.86. The van der Waals surface area contributed by atoms with Crippen LogP contribution >= 0.6 is 0 Å². The molecular weight excluding hydrogens is 260 g/mol. The Morgan fingerprint density at radius 1 is 0.905 bits per heavy atom. The second-order valence-electron chi connectivity index (χ2n) is 6.24. The van der Waals surface area contributed by atoms with Gasteiger partial charge in [-0.15, -0.1) is 0 Å². The van der Waals surface area contributed by atoms with E-state index in [9.17, 15) is 0 Å². The van der Waals surface area contributed by atoms with Crippen LogP contribution in [-0.2, 0) is 5.41 Å². The summed E-state index contributed by atoms with van der Waals surface area (Å²) in [6.45, 7) is 6.64. The molecule has 2 aromatic rings. The molecule has 0 aliphatic rings. The summed E-state index contributed by atoms with van der Waals surface area (Å²) >= 11 is 0. The molecule has 0 aliphatic carbocycles. The maximum Gasteiger partial charge on any atom is 0.118 e. The number of methoxy groups -OCH3 is 1. The highest BCUT2D eigenvalue weighted by molar-refractivity contribution is 5.37. The van der Waals surface area contributed by atoms with E-state index < -0.39 is 0 Å². The van der Waals surface area contributed by atoms with Gasteiger partial charge in [0.2, 0.25) is 0 Å². The van der Waals surface area contributed by atoms with Gasteiger partial charge in [0.05, 0.1) is 13.2 Å². The fraction of sp³-hybridized carbons (Fsp3) is 0.333. The molecule has 0 radical (unpaired) electrons. The van der Waals surface area contributed by atoms with Crippen LogP contribution in [0.1, 0.15) is 43.5 Å². The Morgan fingerprint density at radius 2 is 1.38 bits per heavy atom. The summed E-state index contributed by atoms with van der Waals surface area (Å²) in [6, 6.07) is 16.5. The van der Waals surface area contributed by atoms with E-state index in [1.54, 1.807) is 7.11 Å². The third-order valence-electron chi connectivity index (χ3n) is 3.73. The summed E-state index contributed by atoms with van der Waals surface area (Å²) < 4.78 is 5.19. The van der Waals surface area contributed by atoms with E-state index in [4.69, 9.17) is 10.6 Å². The summed E-state index contributed by atoms with van der Waals surface area (Å²) in [5, 5.41) is 0. The predicted molar refractivity (Wildman–Crippen MR) is 87.3 cm³/mol. The summed E-state index contributed by atoms with van der Waals surface area (Å²) in [6.07, 6.45) is 0. The van der Waals surface area contributed by atoms with E-state index in [-0.39, 0.29) is 11.5 Å². The number of nitrogens with one attached hydrogen (secondary N) is 1. The Kier molecular flexibility index (Phi) is 4.66. The molecule has 0 aromatic heterocycles. The van der Waals surface area contributed by atoms with Gasteiger partial charge in [0.25, 0.3) is 0 Å². The molecule has 3 N–H and O–H groups in total. The van der Waals surface area contributed by atoms with Gasteiger partial charge in [-0.1, -0.05) is 57.2 Å². The second kappa shape index (κ2) is 6.29. The molecule has 3 heteroatoms. The average molecular weight is 284 g/mol. The number of hydrazine groups is 1. The first-order chi connectivity index (χ1) is 9.95. The van der Waals surface area contributed by atoms with Crippen LogP contribution in [0.25, 0.3) is 0 Å². The molecule has 2 rings (SSSR count). The Hall–Kier alpha value is -1.84. The minimum absolute atomic E-state index is 0.0232. The maximum atomic E-state index is 5.75. The van der Waals surface area contributed by atoms with E-state index in [2.05, 4.69) is 50.5 Å². The van der Waals surface area contributed by atoms with Gasteiger partial charge in [-0.2, -0.15) is 0 Å². The van der Waals surface area contributed by atoms with Crippen LogP contribution in [0.15, 0.2) is 48.5 Å². The number of hydrogen-bond acceptors (Lipinski definition) is 3. The minimum Gasteiger partial charge on any atom is -0.497 e. The summed E-state index contributed by atoms with van der Waals surface area (Å²) in [5.41, 5.74) is 6.62. The van der Waals surface area contributed by atoms with E-state index in [1.165, 1.54) is 5.56 Å². The Bertz CT molecular complexity index is 568. The van der Waals surface area contributed by atoms with Crippen molar-refractivity contribution in [3.8, 4) is 5.75 Å². The number of ether oxygens (including phenoxy) is 1. The highest BCUT2D eigenvalue weighted by atomic mass is 16.5. The van der Waals surface area contributed by atoms with Crippen LogP contribution in [0.2, 0.25) is 0 Å². The standard InChI is InChI=1S/C18H24N2O/c1-18(2,3)15-9-5-13(6-10-15)17(20-19)14-7-11-16(21-4)12-8-14/h5-12,17,20H,19H2,1-4H3. The van der Waals surface area contributed by atoms with Gasteiger partial charge >= 0.3 is 0 Å². The molecule has 112 valence electrons. The Morgan fingerprint density at radius 3 is 1.76 bits per heavy atom. The minimum atomic E-state index is -0.0232. The quantitative estimate of drug-likeness (QED) is 0.667. The van der Waals surface area contributed by atoms with Crippen molar-refractivity contribution in [3.05, 3.63) is 65.2 Å². The number of rotatable bonds is 4. The van der Waals surface area contributed by atoms with Crippen molar-refractivity contribution in [2.75, 3.05) is 7.11 Å². The Labute approximate surface area is 127 Å². The molecule has 0 saturated carbocycles. The molecule has 1 unspecified atom stereocenters. The average Bonchev–Trinajstić information content (AvgIpc) is 2.48. The third-order valence-corrected chi connectivity index (χ3v) is 3.73. The van der Waals surface area contributed by atoms with Crippen LogP contribution in [-0.4, -0.2) is 7.11 Å². The molecule has 1 atom stereocenters. The van der Waals surface area contributed by atoms with Crippen LogP contribution in [0.5, 0.6) is 5.75 Å². The SMILES string of the molecule is COc1ccc(C(NN)c2ccc(C(C)(C)C)cc2)cc1. The van der Waals surface area contributed by atoms with Crippen molar-refractivity contribution >= 4 is 0 Å². The van der Waals surface area contributed by atoms with Crippen molar-refractivity contribution in [1.82, 2.24) is 5.43 Å². The molecule has 0 saturated heterocycles. The zero-order valence-corrected chi connectivity index (χ0v) is 13.2. The molecule has 0 fully saturated rings. The van der Waals surface area contributed by atoms with E-state index in [0.29, 0.717) is 0 Å². The largest absolute Gasteiger partial charge is 0.497 e. The zero-order valence-electron chi connectivity index (χ0n) is 13.2. The molecule has 3 nitrogen and oxygen atoms in total. The smallest absolute Gasteiger partial charge is 0.118 e. The summed E-state index contributed by atoms with van der Waals surface area (Å²) in [4.78, 5) is 0. The molecule has 0 spiro atoms. The van der Waals surface area contributed by atoms with E-state index >= 15 is 0 Å². The van der Waals surface area contributed by atoms with Crippen LogP contribution in [0.4, 0.5) is 0 Å². The van der Waals surface area contributed by atoms with Crippen LogP contribution in [0, 0.1) is 0 Å². The predicted octanol–water partition coefficient (Wildman–Crippen LogP) is 3.55. The van der Waals surface area contributed by atoms with Gasteiger partial charge in [-0.05, 0) is 34.2 Å². The number of nitrogens with two attached hydrogens (primary N) is 1. The fourth-order valence-electron chi connectivity index (χ4n) is 2.36. The zero-order chi connectivity index (χ0) is 15.5. The van der Waals surface area contributed by atoms with Gasteiger partial charge in [-0.25, -0.2) is 5.43 Å². The molecule has 0 amide bonds. The summed E-state index contributed by atoms with van der Waals surface area (Å²) in [7, 11) is 1.67. The van der Waals surface area contributed by atoms with Crippen molar-refractivity contribution in [2.45, 2.75) is 32.2 Å². The molecular formula is C18H24N2O. The second-order valence-corrected chi connectivity index (χ2v) is 6.24. The van der Waals surface area contributed by atoms with E-state index in [0.717, 1.165) is 16.9 Å². The highest BCUT2D eigenvalue weighted by Crippen LogP contribution is 2.27. The van der Waals surface area contributed by atoms with Gasteiger partial charge in [0.15, 0.2) is 0 Å². The number of hydrogen-bond donors (Lipinski definition) is 2. The van der Waals surface area contributed by atoms with Crippen LogP contribution in [0.3, 0.4) is 0 Å². The molecule has 2 aromatic carbocycles. The molecule has 0 heterocycles. The molecule has 0 aliphatic heterocycles. The lowest BCUT2D eigenvalue weighted by molar-refractivity contribution is 0.414.